The molecule has 2 atom stereocenters. The van der Waals surface area contributed by atoms with Crippen LogP contribution in [0.3, 0.4) is 0 Å². The van der Waals surface area contributed by atoms with Crippen LogP contribution in [0, 0.1) is 5.92 Å². The van der Waals surface area contributed by atoms with Crippen LogP contribution in [0.25, 0.3) is 0 Å². The van der Waals surface area contributed by atoms with Crippen molar-refractivity contribution in [2.24, 2.45) is 5.92 Å². The molecule has 0 bridgehead atoms. The van der Waals surface area contributed by atoms with Gasteiger partial charge in [-0.2, -0.15) is 0 Å². The number of benzene rings is 1. The number of aryl methyl sites for hydroxylation is 1. The summed E-state index contributed by atoms with van der Waals surface area (Å²) in [5, 5.41) is 0. The molecular weight excluding hydrogens is 204 g/mol. The highest BCUT2D eigenvalue weighted by Crippen LogP contribution is 2.32. The van der Waals surface area contributed by atoms with E-state index in [-0.39, 0.29) is 0 Å². The molecule has 0 saturated carbocycles. The van der Waals surface area contributed by atoms with Gasteiger partial charge < -0.3 is 0 Å². The lowest BCUT2D eigenvalue weighted by atomic mass is 9.88. The zero-order valence-corrected chi connectivity index (χ0v) is 11.6. The summed E-state index contributed by atoms with van der Waals surface area (Å²) in [7, 11) is 0. The summed E-state index contributed by atoms with van der Waals surface area (Å²) >= 11 is 0. The molecule has 1 aromatic rings. The van der Waals surface area contributed by atoms with Gasteiger partial charge in [0.15, 0.2) is 0 Å². The van der Waals surface area contributed by atoms with Crippen LogP contribution in [-0.2, 0) is 12.8 Å². The fraction of sp³-hybridized carbons (Fsp3) is 0.647. The minimum atomic E-state index is 0.725. The fourth-order valence-corrected chi connectivity index (χ4v) is 3.14. The van der Waals surface area contributed by atoms with Gasteiger partial charge >= 0.3 is 0 Å². The second-order valence-corrected chi connectivity index (χ2v) is 5.65. The molecule has 1 aliphatic carbocycles. The van der Waals surface area contributed by atoms with E-state index in [9.17, 15) is 0 Å². The molecule has 0 saturated heterocycles. The lowest BCUT2D eigenvalue weighted by molar-refractivity contribution is 0.450. The van der Waals surface area contributed by atoms with Gasteiger partial charge in [0, 0.05) is 0 Å². The summed E-state index contributed by atoms with van der Waals surface area (Å²) < 4.78 is 0. The first-order chi connectivity index (χ1) is 8.26. The maximum absolute atomic E-state index is 2.37. The van der Waals surface area contributed by atoms with Crippen LogP contribution >= 0.6 is 0 Å². The Morgan fingerprint density at radius 3 is 2.65 bits per heavy atom. The van der Waals surface area contributed by atoms with Gasteiger partial charge in [0.05, 0.1) is 0 Å². The Hall–Kier alpha value is -0.780. The molecule has 0 amide bonds. The molecule has 0 aliphatic heterocycles. The maximum atomic E-state index is 2.37. The fourth-order valence-electron chi connectivity index (χ4n) is 3.14. The molecule has 0 N–H and O–H groups in total. The van der Waals surface area contributed by atoms with Crippen molar-refractivity contribution in [1.29, 1.82) is 0 Å². The Morgan fingerprint density at radius 2 is 1.94 bits per heavy atom. The van der Waals surface area contributed by atoms with Crippen LogP contribution in [0.5, 0.6) is 0 Å². The number of hydrogen-bond donors (Lipinski definition) is 0. The van der Waals surface area contributed by atoms with Crippen molar-refractivity contribution < 1.29 is 0 Å². The van der Waals surface area contributed by atoms with E-state index in [1.54, 1.807) is 16.7 Å². The highest BCUT2D eigenvalue weighted by molar-refractivity contribution is 5.38. The molecule has 94 valence electrons. The van der Waals surface area contributed by atoms with Crippen LogP contribution in [0.15, 0.2) is 18.2 Å². The van der Waals surface area contributed by atoms with Gasteiger partial charge in [-0.3, -0.25) is 0 Å². The molecule has 0 aromatic heterocycles. The van der Waals surface area contributed by atoms with Crippen molar-refractivity contribution in [2.75, 3.05) is 0 Å². The Bertz CT molecular complexity index is 364. The molecule has 0 heterocycles. The average molecular weight is 230 g/mol. The van der Waals surface area contributed by atoms with Gasteiger partial charge in [-0.15, -0.1) is 0 Å². The lowest BCUT2D eigenvalue weighted by Crippen LogP contribution is -2.02. The molecule has 0 heteroatoms. The van der Waals surface area contributed by atoms with Gasteiger partial charge in [0.1, 0.15) is 0 Å². The van der Waals surface area contributed by atoms with Crippen molar-refractivity contribution >= 4 is 0 Å². The first-order valence-electron chi connectivity index (χ1n) is 7.36. The van der Waals surface area contributed by atoms with Crippen molar-refractivity contribution in [3.8, 4) is 0 Å². The molecular formula is C17H26. The molecule has 1 aliphatic rings. The van der Waals surface area contributed by atoms with Crippen molar-refractivity contribution in [3.05, 3.63) is 34.9 Å². The minimum absolute atomic E-state index is 0.725. The standard InChI is InChI=1S/C17H26/c1-4-13(3)16-8-6-7-15-11-9-14(5-2)10-12-17(15)16/h6-8,13-14H,4-5,9-12H2,1-3H3. The lowest BCUT2D eigenvalue weighted by Gasteiger charge is -2.17. The third kappa shape index (κ3) is 2.73. The van der Waals surface area contributed by atoms with E-state index in [1.807, 2.05) is 0 Å². The largest absolute Gasteiger partial charge is 0.0651 e. The first kappa shape index (κ1) is 12.7. The third-order valence-corrected chi connectivity index (χ3v) is 4.65. The number of hydrogen-bond acceptors (Lipinski definition) is 0. The van der Waals surface area contributed by atoms with Crippen molar-refractivity contribution in [1.82, 2.24) is 0 Å². The molecule has 0 spiro atoms. The summed E-state index contributed by atoms with van der Waals surface area (Å²) in [6, 6.07) is 6.99. The van der Waals surface area contributed by atoms with E-state index in [2.05, 4.69) is 39.0 Å². The van der Waals surface area contributed by atoms with Gasteiger partial charge in [-0.1, -0.05) is 45.4 Å². The second kappa shape index (κ2) is 5.71. The van der Waals surface area contributed by atoms with Crippen LogP contribution in [0.4, 0.5) is 0 Å². The van der Waals surface area contributed by atoms with Gasteiger partial charge in [0.2, 0.25) is 0 Å². The van der Waals surface area contributed by atoms with Gasteiger partial charge in [-0.25, -0.2) is 0 Å². The van der Waals surface area contributed by atoms with Gasteiger partial charge in [0.25, 0.3) is 0 Å². The van der Waals surface area contributed by atoms with Crippen LogP contribution < -0.4 is 0 Å². The normalized spacial score (nSPS) is 21.7. The van der Waals surface area contributed by atoms with E-state index in [0.29, 0.717) is 0 Å². The zero-order chi connectivity index (χ0) is 12.3. The molecule has 0 fully saturated rings. The summed E-state index contributed by atoms with van der Waals surface area (Å²) in [6.07, 6.45) is 8.02. The SMILES string of the molecule is CCC1CCc2cccc(C(C)CC)c2CC1. The van der Waals surface area contributed by atoms with E-state index >= 15 is 0 Å². The average Bonchev–Trinajstić information content (AvgIpc) is 2.59. The highest BCUT2D eigenvalue weighted by Gasteiger charge is 2.18. The molecule has 0 nitrogen and oxygen atoms in total. The minimum Gasteiger partial charge on any atom is -0.0651 e. The summed E-state index contributed by atoms with van der Waals surface area (Å²) in [6.45, 7) is 7.02. The maximum Gasteiger partial charge on any atom is -0.0190 e. The van der Waals surface area contributed by atoms with Crippen molar-refractivity contribution in [3.63, 3.8) is 0 Å². The Kier molecular flexibility index (Phi) is 4.25. The summed E-state index contributed by atoms with van der Waals surface area (Å²) in [4.78, 5) is 0. The molecule has 0 radical (unpaired) electrons. The summed E-state index contributed by atoms with van der Waals surface area (Å²) in [5.74, 6) is 1.68. The van der Waals surface area contributed by atoms with E-state index in [0.717, 1.165) is 11.8 Å². The number of rotatable bonds is 3. The smallest absolute Gasteiger partial charge is 0.0190 e. The summed E-state index contributed by atoms with van der Waals surface area (Å²) in [5.41, 5.74) is 4.96. The quantitative estimate of drug-likeness (QED) is 0.633. The third-order valence-electron chi connectivity index (χ3n) is 4.65. The van der Waals surface area contributed by atoms with Gasteiger partial charge in [-0.05, 0) is 60.6 Å². The van der Waals surface area contributed by atoms with E-state index in [4.69, 9.17) is 0 Å². The highest BCUT2D eigenvalue weighted by atomic mass is 14.2. The first-order valence-corrected chi connectivity index (χ1v) is 7.36. The van der Waals surface area contributed by atoms with Crippen LogP contribution in [-0.4, -0.2) is 0 Å². The second-order valence-electron chi connectivity index (χ2n) is 5.65. The monoisotopic (exact) mass is 230 g/mol. The van der Waals surface area contributed by atoms with Crippen LogP contribution in [0.2, 0.25) is 0 Å². The molecule has 1 aromatic carbocycles. The predicted octanol–water partition coefficient (Wildman–Crippen LogP) is 5.11. The molecule has 17 heavy (non-hydrogen) atoms. The van der Waals surface area contributed by atoms with Crippen molar-refractivity contribution in [2.45, 2.75) is 65.2 Å². The van der Waals surface area contributed by atoms with E-state index < -0.39 is 0 Å². The van der Waals surface area contributed by atoms with E-state index in [1.165, 1.54) is 38.5 Å². The zero-order valence-electron chi connectivity index (χ0n) is 11.6. The Labute approximate surface area is 106 Å². The molecule has 2 unspecified atom stereocenters. The predicted molar refractivity (Wildman–Crippen MR) is 75.6 cm³/mol. The van der Waals surface area contributed by atoms with Crippen LogP contribution in [0.1, 0.15) is 69.1 Å². The number of fused-ring (bicyclic) bond motifs is 1. The topological polar surface area (TPSA) is 0 Å². The Balaban J connectivity index is 2.29. The Morgan fingerprint density at radius 1 is 1.18 bits per heavy atom. The molecule has 2 rings (SSSR count).